The first kappa shape index (κ1) is 13.8. The number of benzene rings is 1. The van der Waals surface area contributed by atoms with Crippen molar-refractivity contribution in [3.8, 4) is 0 Å². The van der Waals surface area contributed by atoms with Crippen LogP contribution in [-0.4, -0.2) is 0 Å². The Labute approximate surface area is 126 Å². The molecule has 1 aliphatic carbocycles. The van der Waals surface area contributed by atoms with Crippen molar-refractivity contribution in [1.82, 2.24) is 5.32 Å². The normalized spacial score (nSPS) is 23.4. The Balaban J connectivity index is 1.80. The number of thiophene rings is 1. The minimum atomic E-state index is 0.431. The van der Waals surface area contributed by atoms with Crippen LogP contribution in [0.25, 0.3) is 0 Å². The summed E-state index contributed by atoms with van der Waals surface area (Å²) in [6.07, 6.45) is 2.53. The minimum Gasteiger partial charge on any atom is -0.303 e. The molecule has 1 aromatic carbocycles. The van der Waals surface area contributed by atoms with Crippen molar-refractivity contribution in [2.75, 3.05) is 0 Å². The second-order valence-corrected chi connectivity index (χ2v) is 7.32. The van der Waals surface area contributed by atoms with Crippen LogP contribution < -0.4 is 5.32 Å². The fraction of sp³-hybridized carbons (Fsp3) is 0.444. The first-order chi connectivity index (χ1) is 9.65. The summed E-state index contributed by atoms with van der Waals surface area (Å²) >= 11 is 1.90. The van der Waals surface area contributed by atoms with Gasteiger partial charge in [-0.2, -0.15) is 0 Å². The van der Waals surface area contributed by atoms with E-state index in [0.29, 0.717) is 18.0 Å². The summed E-state index contributed by atoms with van der Waals surface area (Å²) in [6.45, 7) is 6.81. The zero-order valence-electron chi connectivity index (χ0n) is 12.5. The van der Waals surface area contributed by atoms with E-state index < -0.39 is 0 Å². The van der Waals surface area contributed by atoms with E-state index in [9.17, 15) is 0 Å². The lowest BCUT2D eigenvalue weighted by molar-refractivity contribution is 0.398. The van der Waals surface area contributed by atoms with Crippen LogP contribution in [0.4, 0.5) is 0 Å². The highest BCUT2D eigenvalue weighted by atomic mass is 32.1. The third-order valence-electron chi connectivity index (χ3n) is 4.43. The van der Waals surface area contributed by atoms with Crippen molar-refractivity contribution in [3.63, 3.8) is 0 Å². The maximum atomic E-state index is 3.84. The number of hydrogen-bond donors (Lipinski definition) is 1. The van der Waals surface area contributed by atoms with Gasteiger partial charge >= 0.3 is 0 Å². The van der Waals surface area contributed by atoms with Gasteiger partial charge in [-0.05, 0) is 55.9 Å². The van der Waals surface area contributed by atoms with Gasteiger partial charge in [0.2, 0.25) is 0 Å². The molecule has 3 rings (SSSR count). The lowest BCUT2D eigenvalue weighted by Crippen LogP contribution is -2.28. The third kappa shape index (κ3) is 2.68. The Kier molecular flexibility index (Phi) is 3.95. The molecule has 106 valence electrons. The zero-order chi connectivity index (χ0) is 14.1. The predicted molar refractivity (Wildman–Crippen MR) is 87.4 cm³/mol. The molecule has 1 N–H and O–H groups in total. The van der Waals surface area contributed by atoms with Crippen LogP contribution in [0.15, 0.2) is 36.4 Å². The van der Waals surface area contributed by atoms with E-state index in [1.54, 1.807) is 0 Å². The van der Waals surface area contributed by atoms with Crippen molar-refractivity contribution >= 4 is 11.3 Å². The summed E-state index contributed by atoms with van der Waals surface area (Å²) in [6, 6.07) is 14.3. The Morgan fingerprint density at radius 3 is 2.55 bits per heavy atom. The molecule has 20 heavy (non-hydrogen) atoms. The Bertz CT molecular complexity index is 587. The van der Waals surface area contributed by atoms with Crippen LogP contribution >= 0.6 is 11.3 Å². The largest absolute Gasteiger partial charge is 0.303 e. The Morgan fingerprint density at radius 1 is 1.10 bits per heavy atom. The van der Waals surface area contributed by atoms with Crippen LogP contribution in [0.5, 0.6) is 0 Å². The van der Waals surface area contributed by atoms with E-state index in [1.165, 1.54) is 33.7 Å². The average Bonchev–Trinajstić information content (AvgIpc) is 2.89. The molecular formula is C18H23NS. The highest BCUT2D eigenvalue weighted by molar-refractivity contribution is 7.12. The molecule has 1 nitrogen and oxygen atoms in total. The summed E-state index contributed by atoms with van der Waals surface area (Å²) in [5.41, 5.74) is 3.04. The summed E-state index contributed by atoms with van der Waals surface area (Å²) in [7, 11) is 0. The van der Waals surface area contributed by atoms with E-state index in [1.807, 2.05) is 11.3 Å². The molecule has 0 saturated carbocycles. The van der Waals surface area contributed by atoms with Gasteiger partial charge in [-0.1, -0.05) is 31.2 Å². The van der Waals surface area contributed by atoms with Crippen LogP contribution in [0.1, 0.15) is 65.6 Å². The monoisotopic (exact) mass is 285 g/mol. The maximum Gasteiger partial charge on any atom is 0.0391 e. The molecule has 2 heteroatoms. The summed E-state index contributed by atoms with van der Waals surface area (Å²) in [4.78, 5) is 2.84. The molecule has 0 spiro atoms. The molecular weight excluding hydrogens is 262 g/mol. The molecule has 0 fully saturated rings. The number of hydrogen-bond acceptors (Lipinski definition) is 2. The Morgan fingerprint density at radius 2 is 1.85 bits per heavy atom. The van der Waals surface area contributed by atoms with Gasteiger partial charge in [-0.3, -0.25) is 0 Å². The van der Waals surface area contributed by atoms with Gasteiger partial charge in [0.15, 0.2) is 0 Å². The number of aryl methyl sites for hydroxylation is 1. The zero-order valence-corrected chi connectivity index (χ0v) is 13.3. The summed E-state index contributed by atoms with van der Waals surface area (Å²) in [5, 5.41) is 3.84. The molecule has 0 radical (unpaired) electrons. The smallest absolute Gasteiger partial charge is 0.0391 e. The summed E-state index contributed by atoms with van der Waals surface area (Å²) in [5.74, 6) is 0.698. The SMILES string of the molecule is Cc1ccc(C(C)NC2CCC(C)c3ccccc32)s1. The lowest BCUT2D eigenvalue weighted by Gasteiger charge is -2.32. The minimum absolute atomic E-state index is 0.431. The molecule has 0 saturated heterocycles. The summed E-state index contributed by atoms with van der Waals surface area (Å²) < 4.78 is 0. The third-order valence-corrected chi connectivity index (χ3v) is 5.61. The molecule has 1 aromatic heterocycles. The first-order valence-corrected chi connectivity index (χ1v) is 8.38. The molecule has 0 aliphatic heterocycles. The second kappa shape index (κ2) is 5.71. The Hall–Kier alpha value is -1.12. The van der Waals surface area contributed by atoms with E-state index in [0.717, 1.165) is 0 Å². The van der Waals surface area contributed by atoms with E-state index in [2.05, 4.69) is 62.5 Å². The van der Waals surface area contributed by atoms with Crippen LogP contribution in [-0.2, 0) is 0 Å². The van der Waals surface area contributed by atoms with Crippen molar-refractivity contribution in [1.29, 1.82) is 0 Å². The molecule has 3 unspecified atom stereocenters. The number of fused-ring (bicyclic) bond motifs is 1. The van der Waals surface area contributed by atoms with Crippen molar-refractivity contribution < 1.29 is 0 Å². The van der Waals surface area contributed by atoms with Gasteiger partial charge in [0.05, 0.1) is 0 Å². The highest BCUT2D eigenvalue weighted by Gasteiger charge is 2.25. The van der Waals surface area contributed by atoms with E-state index in [-0.39, 0.29) is 0 Å². The van der Waals surface area contributed by atoms with Gasteiger partial charge in [-0.25, -0.2) is 0 Å². The van der Waals surface area contributed by atoms with Gasteiger partial charge in [0.25, 0.3) is 0 Å². The topological polar surface area (TPSA) is 12.0 Å². The quantitative estimate of drug-likeness (QED) is 0.802. The molecule has 0 amide bonds. The molecule has 0 bridgehead atoms. The van der Waals surface area contributed by atoms with Crippen LogP contribution in [0.2, 0.25) is 0 Å². The molecule has 2 aromatic rings. The first-order valence-electron chi connectivity index (χ1n) is 7.56. The average molecular weight is 285 g/mol. The lowest BCUT2D eigenvalue weighted by atomic mass is 9.81. The van der Waals surface area contributed by atoms with Gasteiger partial charge in [0, 0.05) is 21.8 Å². The standard InChI is InChI=1S/C18H23NS/c1-12-8-10-17(16-7-5-4-6-15(12)16)19-14(3)18-11-9-13(2)20-18/h4-7,9,11-12,14,17,19H,8,10H2,1-3H3. The fourth-order valence-electron chi connectivity index (χ4n) is 3.25. The van der Waals surface area contributed by atoms with Crippen LogP contribution in [0, 0.1) is 6.92 Å². The number of rotatable bonds is 3. The predicted octanol–water partition coefficient (Wildman–Crippen LogP) is 5.35. The maximum absolute atomic E-state index is 3.84. The molecule has 3 atom stereocenters. The fourth-order valence-corrected chi connectivity index (χ4v) is 4.14. The van der Waals surface area contributed by atoms with Crippen LogP contribution in [0.3, 0.4) is 0 Å². The molecule has 1 heterocycles. The van der Waals surface area contributed by atoms with Crippen molar-refractivity contribution in [2.45, 2.75) is 51.6 Å². The van der Waals surface area contributed by atoms with Gasteiger partial charge < -0.3 is 5.32 Å². The van der Waals surface area contributed by atoms with Gasteiger partial charge in [-0.15, -0.1) is 11.3 Å². The second-order valence-electron chi connectivity index (χ2n) is 6.00. The molecule has 1 aliphatic rings. The van der Waals surface area contributed by atoms with Crippen molar-refractivity contribution in [3.05, 3.63) is 57.3 Å². The highest BCUT2D eigenvalue weighted by Crippen LogP contribution is 2.38. The van der Waals surface area contributed by atoms with E-state index >= 15 is 0 Å². The van der Waals surface area contributed by atoms with Crippen molar-refractivity contribution in [2.24, 2.45) is 0 Å². The number of nitrogens with one attached hydrogen (secondary N) is 1. The van der Waals surface area contributed by atoms with Gasteiger partial charge in [0.1, 0.15) is 0 Å². The van der Waals surface area contributed by atoms with E-state index in [4.69, 9.17) is 0 Å².